The maximum Gasteiger partial charge on any atom is 0.201 e. The zero-order chi connectivity index (χ0) is 6.69. The van der Waals surface area contributed by atoms with Crippen molar-refractivity contribution in [1.29, 1.82) is 10.7 Å². The van der Waals surface area contributed by atoms with Crippen LogP contribution in [0.15, 0.2) is 21.1 Å². The lowest BCUT2D eigenvalue weighted by Crippen LogP contribution is -1.91. The average molecular weight is 119 g/mol. The number of rotatable bonds is 0. The molecule has 5 nitrogen and oxygen atoms in total. The van der Waals surface area contributed by atoms with Crippen molar-refractivity contribution in [3.05, 3.63) is 5.70 Å². The summed E-state index contributed by atoms with van der Waals surface area (Å²) >= 11 is 0. The Balaban J connectivity index is 3.09. The van der Waals surface area contributed by atoms with E-state index in [0.29, 0.717) is 0 Å². The molecule has 1 heterocycles. The topological polar surface area (TPSA) is 84.7 Å². The van der Waals surface area contributed by atoms with Crippen molar-refractivity contribution in [1.82, 2.24) is 0 Å². The van der Waals surface area contributed by atoms with E-state index in [4.69, 9.17) is 10.7 Å². The first-order chi connectivity index (χ1) is 4.38. The predicted octanol–water partition coefficient (Wildman–Crippen LogP) is 0.464. The summed E-state index contributed by atoms with van der Waals surface area (Å²) in [4.78, 5) is 0. The maximum absolute atomic E-state index is 8.22. The molecule has 9 heavy (non-hydrogen) atoms. The third kappa shape index (κ3) is 0.738. The Bertz CT molecular complexity index is 272. The molecular weight excluding hydrogens is 118 g/mol. The van der Waals surface area contributed by atoms with Gasteiger partial charge in [-0.1, -0.05) is 0 Å². The van der Waals surface area contributed by atoms with Gasteiger partial charge in [-0.3, -0.25) is 5.41 Å². The van der Waals surface area contributed by atoms with E-state index in [9.17, 15) is 0 Å². The summed E-state index contributed by atoms with van der Waals surface area (Å²) in [7, 11) is 0. The number of allylic oxidation sites excluding steroid dienone is 1. The van der Waals surface area contributed by atoms with Crippen molar-refractivity contribution in [2.75, 3.05) is 0 Å². The van der Waals surface area contributed by atoms with Gasteiger partial charge in [0, 0.05) is 5.87 Å². The van der Waals surface area contributed by atoms with Crippen molar-refractivity contribution in [2.24, 2.45) is 15.4 Å². The third-order valence-corrected chi connectivity index (χ3v) is 0.738. The van der Waals surface area contributed by atoms with Crippen LogP contribution in [0.5, 0.6) is 0 Å². The van der Waals surface area contributed by atoms with Crippen LogP contribution in [0.25, 0.3) is 0 Å². The van der Waals surface area contributed by atoms with Gasteiger partial charge in [0.15, 0.2) is 5.70 Å². The summed E-state index contributed by atoms with van der Waals surface area (Å²) in [6, 6.07) is 1.71. The molecule has 0 fully saturated rings. The van der Waals surface area contributed by atoms with E-state index >= 15 is 0 Å². The van der Waals surface area contributed by atoms with Crippen LogP contribution in [-0.2, 0) is 0 Å². The molecule has 1 aliphatic rings. The standard InChI is InChI=1S/C4HN5/c5-1-3-4(2-6)8-9-7-3/h5H. The summed E-state index contributed by atoms with van der Waals surface area (Å²) in [6.07, 6.45) is 0. The summed E-state index contributed by atoms with van der Waals surface area (Å²) in [6.45, 7) is 0. The van der Waals surface area contributed by atoms with Crippen molar-refractivity contribution in [2.45, 2.75) is 0 Å². The van der Waals surface area contributed by atoms with Gasteiger partial charge in [0.1, 0.15) is 6.07 Å². The Kier molecular flexibility index (Phi) is 1.18. The van der Waals surface area contributed by atoms with Crippen molar-refractivity contribution < 1.29 is 0 Å². The van der Waals surface area contributed by atoms with Gasteiger partial charge in [-0.25, -0.2) is 0 Å². The van der Waals surface area contributed by atoms with E-state index in [0.717, 1.165) is 0 Å². The number of nitriles is 1. The smallest absolute Gasteiger partial charge is 0.201 e. The highest BCUT2D eigenvalue weighted by molar-refractivity contribution is 6.16. The van der Waals surface area contributed by atoms with Crippen LogP contribution in [0.2, 0.25) is 0 Å². The Morgan fingerprint density at radius 3 is 2.78 bits per heavy atom. The van der Waals surface area contributed by atoms with Crippen LogP contribution < -0.4 is 0 Å². The number of hydrogen-bond donors (Lipinski definition) is 1. The minimum Gasteiger partial charge on any atom is -0.257 e. The molecule has 0 unspecified atom stereocenters. The van der Waals surface area contributed by atoms with E-state index in [1.54, 1.807) is 6.07 Å². The zero-order valence-corrected chi connectivity index (χ0v) is 4.29. The van der Waals surface area contributed by atoms with E-state index in [-0.39, 0.29) is 11.4 Å². The van der Waals surface area contributed by atoms with Gasteiger partial charge in [-0.2, -0.15) is 5.26 Å². The van der Waals surface area contributed by atoms with Gasteiger partial charge in [-0.15, -0.1) is 10.2 Å². The highest BCUT2D eigenvalue weighted by Crippen LogP contribution is 2.04. The van der Waals surface area contributed by atoms with Crippen molar-refractivity contribution >= 4 is 11.6 Å². The first-order valence-corrected chi connectivity index (χ1v) is 2.07. The largest absolute Gasteiger partial charge is 0.257 e. The minimum absolute atomic E-state index is 0.0463. The molecule has 0 atom stereocenters. The third-order valence-electron chi connectivity index (χ3n) is 0.738. The predicted molar refractivity (Wildman–Crippen MR) is 29.1 cm³/mol. The average Bonchev–Trinajstić information content (AvgIpc) is 2.33. The van der Waals surface area contributed by atoms with Crippen LogP contribution in [-0.4, -0.2) is 11.6 Å². The molecule has 1 aliphatic heterocycles. The number of nitrogens with zero attached hydrogens (tertiary/aromatic N) is 4. The molecule has 1 rings (SSSR count). The Morgan fingerprint density at radius 2 is 2.33 bits per heavy atom. The lowest BCUT2D eigenvalue weighted by Gasteiger charge is -1.74. The Labute approximate surface area is 50.5 Å². The molecule has 5 heteroatoms. The highest BCUT2D eigenvalue weighted by Gasteiger charge is 2.09. The van der Waals surface area contributed by atoms with Crippen molar-refractivity contribution in [3.63, 3.8) is 0 Å². The highest BCUT2D eigenvalue weighted by atomic mass is 15.4. The molecule has 0 aromatic rings. The molecule has 42 valence electrons. The molecule has 1 N–H and O–H groups in total. The molecular formula is C4HN5. The fourth-order valence-electron chi connectivity index (χ4n) is 0.366. The molecule has 0 saturated heterocycles. The molecule has 0 spiro atoms. The van der Waals surface area contributed by atoms with E-state index < -0.39 is 0 Å². The zero-order valence-electron chi connectivity index (χ0n) is 4.29. The lowest BCUT2D eigenvalue weighted by molar-refractivity contribution is 1.10. The van der Waals surface area contributed by atoms with E-state index in [2.05, 4.69) is 15.4 Å². The normalized spacial score (nSPS) is 14.6. The minimum atomic E-state index is 0.0463. The van der Waals surface area contributed by atoms with Crippen LogP contribution in [0.3, 0.4) is 0 Å². The summed E-state index contributed by atoms with van der Waals surface area (Å²) in [5.74, 6) is 1.92. The van der Waals surface area contributed by atoms with Gasteiger partial charge >= 0.3 is 0 Å². The quantitative estimate of drug-likeness (QED) is 0.461. The first-order valence-electron chi connectivity index (χ1n) is 2.07. The Morgan fingerprint density at radius 1 is 1.56 bits per heavy atom. The molecule has 0 radical (unpaired) electrons. The molecule has 0 aromatic carbocycles. The van der Waals surface area contributed by atoms with Gasteiger partial charge < -0.3 is 0 Å². The maximum atomic E-state index is 8.22. The van der Waals surface area contributed by atoms with Crippen LogP contribution in [0.4, 0.5) is 0 Å². The number of hydrogen-bond acceptors (Lipinski definition) is 5. The monoisotopic (exact) mass is 119 g/mol. The summed E-state index contributed by atoms with van der Waals surface area (Å²) in [5, 5.41) is 24.6. The molecule has 0 aromatic heterocycles. The Hall–Kier alpha value is -1.79. The molecule has 0 aliphatic carbocycles. The SMILES string of the molecule is N#CC1=NN=NC1=C=N. The molecule has 0 saturated carbocycles. The second-order valence-electron chi connectivity index (χ2n) is 1.22. The first kappa shape index (κ1) is 5.35. The van der Waals surface area contributed by atoms with Crippen LogP contribution >= 0.6 is 0 Å². The second kappa shape index (κ2) is 1.99. The van der Waals surface area contributed by atoms with E-state index in [1.807, 2.05) is 5.87 Å². The summed E-state index contributed by atoms with van der Waals surface area (Å²) in [5.41, 5.74) is 0.141. The van der Waals surface area contributed by atoms with Crippen LogP contribution in [0, 0.1) is 16.7 Å². The fraction of sp³-hybridized carbons (Fsp3) is 0. The number of nitrogens with one attached hydrogen (secondary N) is 1. The van der Waals surface area contributed by atoms with E-state index in [1.165, 1.54) is 0 Å². The fourth-order valence-corrected chi connectivity index (χ4v) is 0.366. The van der Waals surface area contributed by atoms with Gasteiger partial charge in [0.2, 0.25) is 5.71 Å². The van der Waals surface area contributed by atoms with Gasteiger partial charge in [0.25, 0.3) is 0 Å². The van der Waals surface area contributed by atoms with Gasteiger partial charge in [-0.05, 0) is 5.22 Å². The lowest BCUT2D eigenvalue weighted by atomic mass is 10.3. The molecule has 0 bridgehead atoms. The van der Waals surface area contributed by atoms with Crippen LogP contribution in [0.1, 0.15) is 0 Å². The summed E-state index contributed by atoms with van der Waals surface area (Å²) < 4.78 is 0. The van der Waals surface area contributed by atoms with Crippen molar-refractivity contribution in [3.8, 4) is 6.07 Å². The molecule has 0 amide bonds. The second-order valence-corrected chi connectivity index (χ2v) is 1.22. The van der Waals surface area contributed by atoms with Gasteiger partial charge in [0.05, 0.1) is 0 Å².